The molecule has 1 atom stereocenters. The van der Waals surface area contributed by atoms with Gasteiger partial charge in [-0.15, -0.1) is 0 Å². The molecule has 138 valence electrons. The van der Waals surface area contributed by atoms with Crippen LogP contribution < -0.4 is 14.8 Å². The zero-order valence-corrected chi connectivity index (χ0v) is 15.5. The van der Waals surface area contributed by atoms with Crippen molar-refractivity contribution >= 4 is 17.2 Å². The summed E-state index contributed by atoms with van der Waals surface area (Å²) in [5.41, 5.74) is 1.75. The second-order valence-corrected chi connectivity index (χ2v) is 6.53. The van der Waals surface area contributed by atoms with E-state index >= 15 is 0 Å². The highest BCUT2D eigenvalue weighted by atomic mass is 32.1. The van der Waals surface area contributed by atoms with Crippen molar-refractivity contribution in [3.8, 4) is 11.5 Å². The predicted octanol–water partition coefficient (Wildman–Crippen LogP) is 3.86. The Morgan fingerprint density at radius 3 is 2.73 bits per heavy atom. The first-order chi connectivity index (χ1) is 12.7. The molecule has 1 saturated heterocycles. The molecule has 26 heavy (non-hydrogen) atoms. The quantitative estimate of drug-likeness (QED) is 0.744. The molecular formula is C20H22FNO3S. The fourth-order valence-corrected chi connectivity index (χ4v) is 2.99. The smallest absolute Gasteiger partial charge is 0.161 e. The molecule has 1 N–H and O–H groups in total. The van der Waals surface area contributed by atoms with Crippen molar-refractivity contribution in [2.24, 2.45) is 0 Å². The number of rotatable bonds is 7. The number of benzene rings is 2. The van der Waals surface area contributed by atoms with Crippen molar-refractivity contribution in [3.05, 3.63) is 59.4 Å². The van der Waals surface area contributed by atoms with Crippen molar-refractivity contribution in [1.82, 2.24) is 5.32 Å². The molecule has 0 bridgehead atoms. The van der Waals surface area contributed by atoms with Crippen molar-refractivity contribution in [3.63, 3.8) is 0 Å². The topological polar surface area (TPSA) is 39.7 Å². The van der Waals surface area contributed by atoms with Gasteiger partial charge in [0, 0.05) is 18.7 Å². The molecule has 4 nitrogen and oxygen atoms in total. The van der Waals surface area contributed by atoms with E-state index in [2.05, 4.69) is 5.32 Å². The van der Waals surface area contributed by atoms with E-state index in [4.69, 9.17) is 26.4 Å². The summed E-state index contributed by atoms with van der Waals surface area (Å²) < 4.78 is 29.8. The summed E-state index contributed by atoms with van der Waals surface area (Å²) in [6.45, 7) is 1.87. The van der Waals surface area contributed by atoms with E-state index in [-0.39, 0.29) is 11.9 Å². The molecule has 1 fully saturated rings. The molecule has 1 heterocycles. The first-order valence-corrected chi connectivity index (χ1v) is 9.01. The summed E-state index contributed by atoms with van der Waals surface area (Å²) in [5, 5.41) is 3.25. The Kier molecular flexibility index (Phi) is 6.41. The van der Waals surface area contributed by atoms with Crippen LogP contribution in [-0.2, 0) is 11.3 Å². The second kappa shape index (κ2) is 8.96. The lowest BCUT2D eigenvalue weighted by molar-refractivity contribution is 0.114. The predicted molar refractivity (Wildman–Crippen MR) is 102 cm³/mol. The minimum absolute atomic E-state index is 0.230. The first kappa shape index (κ1) is 18.6. The zero-order chi connectivity index (χ0) is 18.4. The van der Waals surface area contributed by atoms with Crippen LogP contribution in [0.25, 0.3) is 0 Å². The number of ether oxygens (including phenoxy) is 3. The molecule has 2 aromatic rings. The number of halogens is 1. The van der Waals surface area contributed by atoms with Crippen molar-refractivity contribution < 1.29 is 18.6 Å². The van der Waals surface area contributed by atoms with Gasteiger partial charge in [-0.2, -0.15) is 0 Å². The van der Waals surface area contributed by atoms with Gasteiger partial charge in [-0.25, -0.2) is 4.39 Å². The van der Waals surface area contributed by atoms with Crippen LogP contribution in [-0.4, -0.2) is 31.4 Å². The van der Waals surface area contributed by atoms with E-state index in [1.54, 1.807) is 19.2 Å². The monoisotopic (exact) mass is 375 g/mol. The van der Waals surface area contributed by atoms with Gasteiger partial charge in [0.2, 0.25) is 0 Å². The normalized spacial score (nSPS) is 16.3. The molecular weight excluding hydrogens is 353 g/mol. The van der Waals surface area contributed by atoms with Crippen LogP contribution in [0.5, 0.6) is 11.5 Å². The van der Waals surface area contributed by atoms with Gasteiger partial charge in [0.1, 0.15) is 17.4 Å². The molecule has 6 heteroatoms. The zero-order valence-electron chi connectivity index (χ0n) is 14.7. The average Bonchev–Trinajstić information content (AvgIpc) is 3.19. The van der Waals surface area contributed by atoms with Crippen molar-refractivity contribution in [2.45, 2.75) is 25.6 Å². The van der Waals surface area contributed by atoms with Gasteiger partial charge < -0.3 is 19.5 Å². The largest absolute Gasteiger partial charge is 0.493 e. The van der Waals surface area contributed by atoms with Crippen LogP contribution in [0.3, 0.4) is 0 Å². The molecule has 3 rings (SSSR count). The highest BCUT2D eigenvalue weighted by Crippen LogP contribution is 2.29. The van der Waals surface area contributed by atoms with Crippen LogP contribution in [0.1, 0.15) is 24.0 Å². The van der Waals surface area contributed by atoms with Gasteiger partial charge >= 0.3 is 0 Å². The Bertz CT molecular complexity index is 745. The third-order valence-electron chi connectivity index (χ3n) is 4.25. The van der Waals surface area contributed by atoms with E-state index in [9.17, 15) is 4.39 Å². The molecule has 0 saturated carbocycles. The molecule has 1 aliphatic rings. The van der Waals surface area contributed by atoms with Gasteiger partial charge in [0.05, 0.1) is 13.2 Å². The number of hydrogen-bond donors (Lipinski definition) is 1. The molecule has 0 radical (unpaired) electrons. The molecule has 0 amide bonds. The van der Waals surface area contributed by atoms with Crippen LogP contribution in [0.15, 0.2) is 42.5 Å². The summed E-state index contributed by atoms with van der Waals surface area (Å²) in [7, 11) is 1.59. The number of methoxy groups -OCH3 is 1. The highest BCUT2D eigenvalue weighted by molar-refractivity contribution is 7.80. The van der Waals surface area contributed by atoms with Crippen molar-refractivity contribution in [1.29, 1.82) is 0 Å². The van der Waals surface area contributed by atoms with Crippen LogP contribution in [0.4, 0.5) is 4.39 Å². The third kappa shape index (κ3) is 4.93. The van der Waals surface area contributed by atoms with Crippen LogP contribution in [0, 0.1) is 5.82 Å². The molecule has 2 aromatic carbocycles. The van der Waals surface area contributed by atoms with E-state index in [1.165, 1.54) is 12.1 Å². The summed E-state index contributed by atoms with van der Waals surface area (Å²) in [6, 6.07) is 11.8. The molecule has 0 aromatic heterocycles. The summed E-state index contributed by atoms with van der Waals surface area (Å²) in [4.78, 5) is 0.656. The Morgan fingerprint density at radius 2 is 2.04 bits per heavy atom. The fourth-order valence-electron chi connectivity index (χ4n) is 2.78. The summed E-state index contributed by atoms with van der Waals surface area (Å²) in [5.74, 6) is 0.952. The number of hydrogen-bond acceptors (Lipinski definition) is 4. The fraction of sp³-hybridized carbons (Fsp3) is 0.350. The van der Waals surface area contributed by atoms with Gasteiger partial charge in [-0.1, -0.05) is 24.4 Å². The van der Waals surface area contributed by atoms with E-state index in [1.807, 2.05) is 18.2 Å². The molecule has 0 spiro atoms. The Balaban J connectivity index is 1.60. The lowest BCUT2D eigenvalue weighted by Gasteiger charge is -2.15. The number of thiocarbonyl (C=S) groups is 1. The lowest BCUT2D eigenvalue weighted by atomic mass is 10.2. The highest BCUT2D eigenvalue weighted by Gasteiger charge is 2.16. The van der Waals surface area contributed by atoms with Gasteiger partial charge in [-0.3, -0.25) is 0 Å². The molecule has 0 unspecified atom stereocenters. The lowest BCUT2D eigenvalue weighted by Crippen LogP contribution is -2.31. The van der Waals surface area contributed by atoms with E-state index < -0.39 is 0 Å². The summed E-state index contributed by atoms with van der Waals surface area (Å²) in [6.07, 6.45) is 2.40. The number of nitrogens with one attached hydrogen (secondary N) is 1. The van der Waals surface area contributed by atoms with Gasteiger partial charge in [0.25, 0.3) is 0 Å². The SMILES string of the molecule is COc1cc(C(=S)NC[C@H]2CCCO2)ccc1OCc1ccc(F)cc1. The minimum atomic E-state index is -0.264. The maximum Gasteiger partial charge on any atom is 0.161 e. The first-order valence-electron chi connectivity index (χ1n) is 8.61. The Hall–Kier alpha value is -2.18. The van der Waals surface area contributed by atoms with Gasteiger partial charge in [-0.05, 0) is 48.7 Å². The standard InChI is InChI=1S/C20H22FNO3S/c1-23-19-11-15(20(26)22-12-17-3-2-10-24-17)6-9-18(19)25-13-14-4-7-16(21)8-5-14/h4-9,11,17H,2-3,10,12-13H2,1H3,(H,22,26)/t17-/m1/s1. The Labute approximate surface area is 158 Å². The maximum absolute atomic E-state index is 13.0. The maximum atomic E-state index is 13.0. The van der Waals surface area contributed by atoms with Crippen LogP contribution in [0.2, 0.25) is 0 Å². The second-order valence-electron chi connectivity index (χ2n) is 6.13. The van der Waals surface area contributed by atoms with Gasteiger partial charge in [0.15, 0.2) is 11.5 Å². The Morgan fingerprint density at radius 1 is 1.23 bits per heavy atom. The van der Waals surface area contributed by atoms with Crippen molar-refractivity contribution in [2.75, 3.05) is 20.3 Å². The van der Waals surface area contributed by atoms with Crippen LogP contribution >= 0.6 is 12.2 Å². The van der Waals surface area contributed by atoms with E-state index in [0.717, 1.165) is 30.6 Å². The third-order valence-corrected chi connectivity index (χ3v) is 4.63. The average molecular weight is 375 g/mol. The molecule has 0 aliphatic carbocycles. The molecule has 1 aliphatic heterocycles. The minimum Gasteiger partial charge on any atom is -0.493 e. The summed E-state index contributed by atoms with van der Waals surface area (Å²) >= 11 is 5.46. The van der Waals surface area contributed by atoms with E-state index in [0.29, 0.717) is 29.6 Å².